The molecule has 0 aliphatic heterocycles. The molecule has 0 aliphatic rings. The second kappa shape index (κ2) is 5.18. The summed E-state index contributed by atoms with van der Waals surface area (Å²) in [5.74, 6) is 0.0781. The molecule has 2 aromatic rings. The van der Waals surface area contributed by atoms with E-state index in [9.17, 15) is 0 Å². The minimum atomic E-state index is 0.0781. The normalized spacial score (nSPS) is 10.1. The molecular formula is C13H13BrN4. The standard InChI is InChI=1S/C13H13BrN4/c1-18(12-6-7-17-8-11(12)14)10-4-2-9(3-5-10)13(15)16/h2-8H,1H3,(H3,15,16). The van der Waals surface area contributed by atoms with Crippen molar-refractivity contribution in [3.63, 3.8) is 0 Å². The minimum absolute atomic E-state index is 0.0781. The molecule has 0 unspecified atom stereocenters. The lowest BCUT2D eigenvalue weighted by atomic mass is 10.2. The van der Waals surface area contributed by atoms with E-state index in [4.69, 9.17) is 11.1 Å². The van der Waals surface area contributed by atoms with Crippen LogP contribution < -0.4 is 10.6 Å². The van der Waals surface area contributed by atoms with Gasteiger partial charge in [0.1, 0.15) is 5.84 Å². The quantitative estimate of drug-likeness (QED) is 0.677. The summed E-state index contributed by atoms with van der Waals surface area (Å²) in [4.78, 5) is 6.08. The molecule has 0 saturated heterocycles. The van der Waals surface area contributed by atoms with Crippen molar-refractivity contribution in [2.75, 3.05) is 11.9 Å². The highest BCUT2D eigenvalue weighted by Crippen LogP contribution is 2.29. The topological polar surface area (TPSA) is 66.0 Å². The lowest BCUT2D eigenvalue weighted by molar-refractivity contribution is 1.17. The van der Waals surface area contributed by atoms with Gasteiger partial charge in [0.2, 0.25) is 0 Å². The van der Waals surface area contributed by atoms with Crippen LogP contribution in [-0.2, 0) is 0 Å². The maximum Gasteiger partial charge on any atom is 0.122 e. The number of halogens is 1. The molecule has 1 heterocycles. The van der Waals surface area contributed by atoms with Crippen molar-refractivity contribution in [2.45, 2.75) is 0 Å². The van der Waals surface area contributed by atoms with Gasteiger partial charge in [-0.15, -0.1) is 0 Å². The molecule has 0 amide bonds. The Kier molecular flexibility index (Phi) is 3.62. The Morgan fingerprint density at radius 3 is 2.50 bits per heavy atom. The Morgan fingerprint density at radius 2 is 1.94 bits per heavy atom. The van der Waals surface area contributed by atoms with E-state index in [1.54, 1.807) is 12.4 Å². The zero-order chi connectivity index (χ0) is 13.1. The van der Waals surface area contributed by atoms with Crippen LogP contribution >= 0.6 is 15.9 Å². The van der Waals surface area contributed by atoms with Gasteiger partial charge < -0.3 is 10.6 Å². The van der Waals surface area contributed by atoms with Gasteiger partial charge in [0.25, 0.3) is 0 Å². The maximum absolute atomic E-state index is 7.36. The first-order chi connectivity index (χ1) is 8.59. The summed E-state index contributed by atoms with van der Waals surface area (Å²) in [6.07, 6.45) is 3.51. The van der Waals surface area contributed by atoms with E-state index < -0.39 is 0 Å². The fourth-order valence-corrected chi connectivity index (χ4v) is 2.16. The van der Waals surface area contributed by atoms with E-state index in [2.05, 4.69) is 20.9 Å². The minimum Gasteiger partial charge on any atom is -0.384 e. The molecule has 0 aliphatic carbocycles. The Hall–Kier alpha value is -1.88. The van der Waals surface area contributed by atoms with Crippen molar-refractivity contribution in [1.82, 2.24) is 4.98 Å². The number of nitrogens with zero attached hydrogens (tertiary/aromatic N) is 2. The monoisotopic (exact) mass is 304 g/mol. The first kappa shape index (κ1) is 12.6. The first-order valence-corrected chi connectivity index (χ1v) is 6.16. The van der Waals surface area contributed by atoms with Crippen molar-refractivity contribution < 1.29 is 0 Å². The van der Waals surface area contributed by atoms with Crippen molar-refractivity contribution >= 4 is 33.1 Å². The average molecular weight is 305 g/mol. The lowest BCUT2D eigenvalue weighted by Gasteiger charge is -2.20. The molecule has 1 aromatic heterocycles. The summed E-state index contributed by atoms with van der Waals surface area (Å²) in [7, 11) is 1.98. The number of nitrogens with one attached hydrogen (secondary N) is 1. The van der Waals surface area contributed by atoms with Gasteiger partial charge in [0, 0.05) is 30.7 Å². The van der Waals surface area contributed by atoms with E-state index in [1.165, 1.54) is 0 Å². The third-order valence-corrected chi connectivity index (χ3v) is 3.29. The highest BCUT2D eigenvalue weighted by molar-refractivity contribution is 9.10. The van der Waals surface area contributed by atoms with Crippen molar-refractivity contribution in [2.24, 2.45) is 5.73 Å². The van der Waals surface area contributed by atoms with Crippen molar-refractivity contribution in [3.05, 3.63) is 52.8 Å². The predicted molar refractivity (Wildman–Crippen MR) is 77.5 cm³/mol. The van der Waals surface area contributed by atoms with Gasteiger partial charge in [-0.2, -0.15) is 0 Å². The van der Waals surface area contributed by atoms with E-state index in [1.807, 2.05) is 42.3 Å². The summed E-state index contributed by atoms with van der Waals surface area (Å²) in [5.41, 5.74) is 8.20. The van der Waals surface area contributed by atoms with Crippen molar-refractivity contribution in [3.8, 4) is 0 Å². The number of nitrogen functional groups attached to an aromatic ring is 1. The zero-order valence-electron chi connectivity index (χ0n) is 9.89. The van der Waals surface area contributed by atoms with Gasteiger partial charge in [-0.25, -0.2) is 0 Å². The second-order valence-electron chi connectivity index (χ2n) is 3.85. The van der Waals surface area contributed by atoms with Crippen LogP contribution in [0, 0.1) is 5.41 Å². The second-order valence-corrected chi connectivity index (χ2v) is 4.70. The molecule has 0 fully saturated rings. The molecule has 0 spiro atoms. The van der Waals surface area contributed by atoms with Gasteiger partial charge in [-0.1, -0.05) is 0 Å². The van der Waals surface area contributed by atoms with Crippen LogP contribution in [0.15, 0.2) is 47.2 Å². The van der Waals surface area contributed by atoms with Gasteiger partial charge in [0.15, 0.2) is 0 Å². The van der Waals surface area contributed by atoms with Crippen LogP contribution in [0.1, 0.15) is 5.56 Å². The Labute approximate surface area is 114 Å². The predicted octanol–water partition coefficient (Wildman–Crippen LogP) is 2.90. The third-order valence-electron chi connectivity index (χ3n) is 2.68. The number of hydrogen-bond donors (Lipinski definition) is 2. The molecule has 0 atom stereocenters. The lowest BCUT2D eigenvalue weighted by Crippen LogP contribution is -2.13. The number of nitrogens with two attached hydrogens (primary N) is 1. The number of benzene rings is 1. The Bertz CT molecular complexity index is 565. The molecule has 3 N–H and O–H groups in total. The summed E-state index contributed by atoms with van der Waals surface area (Å²) < 4.78 is 0.933. The number of pyridine rings is 1. The summed E-state index contributed by atoms with van der Waals surface area (Å²) >= 11 is 3.47. The molecule has 0 radical (unpaired) electrons. The van der Waals surface area contributed by atoms with E-state index in [-0.39, 0.29) is 5.84 Å². The zero-order valence-corrected chi connectivity index (χ0v) is 11.5. The van der Waals surface area contributed by atoms with Gasteiger partial charge in [-0.3, -0.25) is 10.4 Å². The van der Waals surface area contributed by atoms with Crippen LogP contribution in [0.4, 0.5) is 11.4 Å². The van der Waals surface area contributed by atoms with E-state index >= 15 is 0 Å². The fraction of sp³-hybridized carbons (Fsp3) is 0.0769. The number of rotatable bonds is 3. The molecule has 0 bridgehead atoms. The van der Waals surface area contributed by atoms with Crippen LogP contribution in [0.5, 0.6) is 0 Å². The van der Waals surface area contributed by atoms with Crippen molar-refractivity contribution in [1.29, 1.82) is 5.41 Å². The smallest absolute Gasteiger partial charge is 0.122 e. The Morgan fingerprint density at radius 1 is 1.28 bits per heavy atom. The van der Waals surface area contributed by atoms with Crippen LogP contribution in [0.25, 0.3) is 0 Å². The molecule has 92 valence electrons. The molecule has 1 aromatic carbocycles. The van der Waals surface area contributed by atoms with Gasteiger partial charge in [0.05, 0.1) is 10.2 Å². The van der Waals surface area contributed by atoms with Crippen LogP contribution in [0.2, 0.25) is 0 Å². The highest BCUT2D eigenvalue weighted by Gasteiger charge is 2.07. The number of aromatic nitrogens is 1. The first-order valence-electron chi connectivity index (χ1n) is 5.37. The number of hydrogen-bond acceptors (Lipinski definition) is 3. The number of amidine groups is 1. The molecule has 0 saturated carbocycles. The maximum atomic E-state index is 7.36. The SMILES string of the molecule is CN(c1ccc(C(=N)N)cc1)c1ccncc1Br. The Balaban J connectivity index is 2.32. The van der Waals surface area contributed by atoms with Crippen LogP contribution in [0.3, 0.4) is 0 Å². The van der Waals surface area contributed by atoms with Gasteiger partial charge in [-0.05, 0) is 46.3 Å². The molecule has 18 heavy (non-hydrogen) atoms. The van der Waals surface area contributed by atoms with Crippen LogP contribution in [-0.4, -0.2) is 17.9 Å². The molecule has 4 nitrogen and oxygen atoms in total. The number of anilines is 2. The average Bonchev–Trinajstić information content (AvgIpc) is 2.38. The van der Waals surface area contributed by atoms with Gasteiger partial charge >= 0.3 is 0 Å². The third kappa shape index (κ3) is 2.51. The van der Waals surface area contributed by atoms with E-state index in [0.717, 1.165) is 21.4 Å². The molecule has 2 rings (SSSR count). The van der Waals surface area contributed by atoms with E-state index in [0.29, 0.717) is 0 Å². The molecular weight excluding hydrogens is 292 g/mol. The summed E-state index contributed by atoms with van der Waals surface area (Å²) in [6, 6.07) is 9.47. The fourth-order valence-electron chi connectivity index (χ4n) is 1.64. The summed E-state index contributed by atoms with van der Waals surface area (Å²) in [6.45, 7) is 0. The summed E-state index contributed by atoms with van der Waals surface area (Å²) in [5, 5.41) is 7.36. The highest BCUT2D eigenvalue weighted by atomic mass is 79.9. The molecule has 5 heteroatoms. The largest absolute Gasteiger partial charge is 0.384 e.